The van der Waals surface area contributed by atoms with E-state index in [0.717, 1.165) is 65.5 Å². The minimum atomic E-state index is -0.992. The van der Waals surface area contributed by atoms with Crippen molar-refractivity contribution in [3.05, 3.63) is 82.0 Å². The molecule has 4 N–H and O–H groups in total. The average Bonchev–Trinajstić information content (AvgIpc) is 3.49. The number of likely N-dealkylation sites (tertiary alicyclic amines) is 1. The number of hydrogen-bond donors (Lipinski definition) is 4. The minimum Gasteiger partial charge on any atom is -0.496 e. The zero-order valence-electron chi connectivity index (χ0n) is 34.5. The summed E-state index contributed by atoms with van der Waals surface area (Å²) in [5, 5.41) is 16.8. The summed E-state index contributed by atoms with van der Waals surface area (Å²) < 4.78 is 13.2. The fourth-order valence-electron chi connectivity index (χ4n) is 8.12. The number of methoxy groups -OCH3 is 2. The molecule has 2 aromatic carbocycles. The third-order valence-corrected chi connectivity index (χ3v) is 11.3. The molecule has 5 amide bonds. The molecule has 2 fully saturated rings. The molecule has 0 radical (unpaired) electrons. The van der Waals surface area contributed by atoms with Gasteiger partial charge in [-0.15, -0.1) is 0 Å². The predicted molar refractivity (Wildman–Crippen MR) is 225 cm³/mol. The number of nitrogens with zero attached hydrogens (tertiary/aromatic N) is 4. The van der Waals surface area contributed by atoms with Gasteiger partial charge in [-0.05, 0) is 60.5 Å². The van der Waals surface area contributed by atoms with E-state index in [4.69, 9.17) is 19.4 Å². The first-order valence-corrected chi connectivity index (χ1v) is 20.4. The molecule has 17 heteroatoms. The maximum absolute atomic E-state index is 13.3. The molecule has 7 rings (SSSR count). The van der Waals surface area contributed by atoms with Crippen molar-refractivity contribution in [2.45, 2.75) is 64.0 Å². The van der Waals surface area contributed by atoms with Crippen LogP contribution in [0.5, 0.6) is 11.5 Å². The largest absolute Gasteiger partial charge is 0.496 e. The first-order valence-electron chi connectivity index (χ1n) is 20.4. The van der Waals surface area contributed by atoms with E-state index in [1.54, 1.807) is 56.4 Å². The molecule has 3 aliphatic rings. The number of aromatic nitrogens is 2. The van der Waals surface area contributed by atoms with Crippen LogP contribution in [0.25, 0.3) is 21.9 Å². The Balaban J connectivity index is 0.00000201. The number of carbonyl (C=O) groups is 6. The quantitative estimate of drug-likeness (QED) is 0.0678. The number of rotatable bonds is 17. The van der Waals surface area contributed by atoms with Crippen molar-refractivity contribution in [3.63, 3.8) is 0 Å². The van der Waals surface area contributed by atoms with Gasteiger partial charge in [-0.2, -0.15) is 0 Å². The number of benzene rings is 2. The number of amides is 5. The van der Waals surface area contributed by atoms with Gasteiger partial charge >= 0.3 is 0 Å². The van der Waals surface area contributed by atoms with E-state index in [1.807, 2.05) is 24.4 Å². The Kier molecular flexibility index (Phi) is 14.5. The second-order valence-corrected chi connectivity index (χ2v) is 15.3. The number of ether oxygens (including phenoxy) is 2. The lowest BCUT2D eigenvalue weighted by molar-refractivity contribution is -0.136. The zero-order chi connectivity index (χ0) is 43.6. The maximum Gasteiger partial charge on any atom is 0.290 e. The van der Waals surface area contributed by atoms with Crippen LogP contribution in [-0.2, 0) is 32.8 Å². The van der Waals surface area contributed by atoms with Gasteiger partial charge in [0.1, 0.15) is 17.5 Å². The molecule has 2 saturated heterocycles. The van der Waals surface area contributed by atoms with Crippen LogP contribution in [0.3, 0.4) is 0 Å². The van der Waals surface area contributed by atoms with Crippen molar-refractivity contribution in [3.8, 4) is 22.6 Å². The van der Waals surface area contributed by atoms with Gasteiger partial charge in [-0.25, -0.2) is 0 Å². The lowest BCUT2D eigenvalue weighted by Gasteiger charge is -2.38. The van der Waals surface area contributed by atoms with Crippen LogP contribution in [0, 0.1) is 5.92 Å². The lowest BCUT2D eigenvalue weighted by Crippen LogP contribution is -2.54. The van der Waals surface area contributed by atoms with E-state index in [-0.39, 0.29) is 47.8 Å². The number of aryl methyl sites for hydroxylation is 1. The molecule has 4 aromatic rings. The van der Waals surface area contributed by atoms with E-state index < -0.39 is 29.7 Å². The van der Waals surface area contributed by atoms with Gasteiger partial charge in [0, 0.05) is 76.0 Å². The summed E-state index contributed by atoms with van der Waals surface area (Å²) in [6, 6.07) is 9.84. The third-order valence-electron chi connectivity index (χ3n) is 11.3. The summed E-state index contributed by atoms with van der Waals surface area (Å²) in [6.45, 7) is 2.86. The van der Waals surface area contributed by atoms with Crippen LogP contribution >= 0.6 is 0 Å². The van der Waals surface area contributed by atoms with Gasteiger partial charge in [0.15, 0.2) is 0 Å². The Hall–Kier alpha value is -6.62. The van der Waals surface area contributed by atoms with Crippen molar-refractivity contribution in [1.29, 1.82) is 0 Å². The standard InChI is InChI=1S/C43H49N7O8.CH2O2/c1-48-24-31(28-15-18-44-21-30(28)41(48)54)26-19-35(57-2)32(36(20-26)58-3)25-49-22-27(23-49)39(52)46-17-9-7-5-4-6-8-16-45-33-12-10-11-29-38(33)43(56)50(42(29)55)34-13-14-37(51)47-40(34)53;2-1-3/h10-12,15,18-21,24,27,34,45H,4-9,13-14,16-17,22-23,25H2,1-3H3,(H,46,52)(H,47,51,53);1H,(H,2,3). The predicted octanol–water partition coefficient (Wildman–Crippen LogP) is 3.72. The maximum atomic E-state index is 13.3. The zero-order valence-corrected chi connectivity index (χ0v) is 34.5. The molecular weight excluding hydrogens is 787 g/mol. The van der Waals surface area contributed by atoms with Crippen molar-refractivity contribution in [2.24, 2.45) is 13.0 Å². The molecule has 2 aromatic heterocycles. The van der Waals surface area contributed by atoms with E-state index >= 15 is 0 Å². The molecule has 0 saturated carbocycles. The van der Waals surface area contributed by atoms with Crippen LogP contribution in [0.4, 0.5) is 5.69 Å². The Morgan fingerprint density at radius 1 is 0.918 bits per heavy atom. The Bertz CT molecular complexity index is 2350. The van der Waals surface area contributed by atoms with Gasteiger partial charge < -0.3 is 29.8 Å². The highest BCUT2D eigenvalue weighted by molar-refractivity contribution is 6.25. The molecule has 1 unspecified atom stereocenters. The number of pyridine rings is 2. The van der Waals surface area contributed by atoms with Crippen LogP contribution in [-0.4, -0.2) is 107 Å². The van der Waals surface area contributed by atoms with E-state index in [0.29, 0.717) is 55.3 Å². The molecular formula is C44H51N7O10. The number of anilines is 1. The van der Waals surface area contributed by atoms with Crippen LogP contribution in [0.1, 0.15) is 77.6 Å². The topological polar surface area (TPSA) is 219 Å². The number of unbranched alkanes of at least 4 members (excludes halogenated alkanes) is 5. The highest BCUT2D eigenvalue weighted by atomic mass is 16.5. The number of carboxylic acid groups (broad SMARTS) is 1. The van der Waals surface area contributed by atoms with Crippen molar-refractivity contribution in [2.75, 3.05) is 45.7 Å². The van der Waals surface area contributed by atoms with E-state index in [9.17, 15) is 28.8 Å². The molecule has 1 atom stereocenters. The van der Waals surface area contributed by atoms with Crippen LogP contribution in [0.15, 0.2) is 59.8 Å². The van der Waals surface area contributed by atoms with Gasteiger partial charge in [0.05, 0.1) is 42.2 Å². The van der Waals surface area contributed by atoms with Crippen molar-refractivity contribution in [1.82, 2.24) is 30.0 Å². The fourth-order valence-corrected chi connectivity index (χ4v) is 8.12. The Morgan fingerprint density at radius 2 is 1.59 bits per heavy atom. The summed E-state index contributed by atoms with van der Waals surface area (Å²) in [5.41, 5.74) is 3.60. The van der Waals surface area contributed by atoms with Gasteiger partial charge in [0.25, 0.3) is 23.8 Å². The summed E-state index contributed by atoms with van der Waals surface area (Å²) in [4.78, 5) is 91.6. The summed E-state index contributed by atoms with van der Waals surface area (Å²) in [7, 11) is 4.98. The molecule has 0 bridgehead atoms. The Morgan fingerprint density at radius 3 is 2.26 bits per heavy atom. The number of imide groups is 2. The smallest absolute Gasteiger partial charge is 0.290 e. The van der Waals surface area contributed by atoms with E-state index in [2.05, 4.69) is 25.8 Å². The third kappa shape index (κ3) is 9.72. The van der Waals surface area contributed by atoms with Crippen molar-refractivity contribution >= 4 is 52.5 Å². The van der Waals surface area contributed by atoms with Crippen LogP contribution in [0.2, 0.25) is 0 Å². The molecule has 17 nitrogen and oxygen atoms in total. The Labute approximate surface area is 352 Å². The minimum absolute atomic E-state index is 0.0699. The van der Waals surface area contributed by atoms with Gasteiger partial charge in [-0.3, -0.25) is 53.7 Å². The fraction of sp³-hybridized carbons (Fsp3) is 0.409. The van der Waals surface area contributed by atoms with Crippen molar-refractivity contribution < 1.29 is 43.3 Å². The molecule has 0 spiro atoms. The number of hydrogen-bond acceptors (Lipinski definition) is 12. The average molecular weight is 838 g/mol. The normalized spacial score (nSPS) is 16.3. The summed E-state index contributed by atoms with van der Waals surface area (Å²) >= 11 is 0. The lowest BCUT2D eigenvalue weighted by atomic mass is 9.96. The van der Waals surface area contributed by atoms with Crippen LogP contribution < -0.4 is 31.0 Å². The monoisotopic (exact) mass is 837 g/mol. The first-order chi connectivity index (χ1) is 29.5. The van der Waals surface area contributed by atoms with E-state index in [1.165, 1.54) is 0 Å². The number of carbonyl (C=O) groups excluding carboxylic acids is 5. The van der Waals surface area contributed by atoms with Gasteiger partial charge in [0.2, 0.25) is 17.7 Å². The highest BCUT2D eigenvalue weighted by Gasteiger charge is 2.45. The molecule has 61 heavy (non-hydrogen) atoms. The van der Waals surface area contributed by atoms with Gasteiger partial charge in [-0.1, -0.05) is 31.7 Å². The number of piperidine rings is 1. The summed E-state index contributed by atoms with van der Waals surface area (Å²) in [5.74, 6) is -0.730. The SMILES string of the molecule is COc1cc(-c2cn(C)c(=O)c3cnccc23)cc(OC)c1CN1CC(C(=O)NCCCCCCCCNc2cccc3c2C(=O)N(C2CCC(=O)NC2=O)C3=O)C1.O=CO. The number of nitrogens with one attached hydrogen (secondary N) is 3. The highest BCUT2D eigenvalue weighted by Crippen LogP contribution is 2.39. The molecule has 3 aliphatic heterocycles. The molecule has 0 aliphatic carbocycles. The number of fused-ring (bicyclic) bond motifs is 2. The molecule has 5 heterocycles. The second-order valence-electron chi connectivity index (χ2n) is 15.3. The second kappa shape index (κ2) is 20.1. The summed E-state index contributed by atoms with van der Waals surface area (Å²) in [6.07, 6.45) is 11.1. The first kappa shape index (κ1) is 43.9. The molecule has 322 valence electrons.